The smallest absolute Gasteiger partial charge is 0.0622 e. The molecular weight excluding hydrogens is 174 g/mol. The van der Waals surface area contributed by atoms with Gasteiger partial charge in [-0.1, -0.05) is 0 Å². The molecule has 14 heavy (non-hydrogen) atoms. The zero-order chi connectivity index (χ0) is 10.2. The molecule has 3 nitrogen and oxygen atoms in total. The maximum atomic E-state index is 8.36. The van der Waals surface area contributed by atoms with Gasteiger partial charge in [-0.2, -0.15) is 5.26 Å². The predicted octanol–water partition coefficient (Wildman–Crippen LogP) is 2.04. The van der Waals surface area contributed by atoms with Crippen molar-refractivity contribution in [2.45, 2.75) is 25.8 Å². The lowest BCUT2D eigenvalue weighted by Crippen LogP contribution is -2.19. The molecule has 1 aromatic heterocycles. The van der Waals surface area contributed by atoms with E-state index < -0.39 is 0 Å². The second-order valence-corrected chi connectivity index (χ2v) is 3.22. The van der Waals surface area contributed by atoms with Crippen molar-refractivity contribution in [2.24, 2.45) is 0 Å². The SMILES string of the molecule is C[C@H](NCCCC#N)c1ccncc1. The van der Waals surface area contributed by atoms with Crippen LogP contribution in [0, 0.1) is 11.3 Å². The summed E-state index contributed by atoms with van der Waals surface area (Å²) < 4.78 is 0. The molecular formula is C11H15N3. The van der Waals surface area contributed by atoms with E-state index in [2.05, 4.69) is 23.3 Å². The highest BCUT2D eigenvalue weighted by Crippen LogP contribution is 2.09. The third-order valence-corrected chi connectivity index (χ3v) is 2.12. The number of pyridine rings is 1. The summed E-state index contributed by atoms with van der Waals surface area (Å²) >= 11 is 0. The summed E-state index contributed by atoms with van der Waals surface area (Å²) in [6, 6.07) is 6.47. The number of nitrogens with one attached hydrogen (secondary N) is 1. The van der Waals surface area contributed by atoms with Crippen LogP contribution < -0.4 is 5.32 Å². The Morgan fingerprint density at radius 1 is 1.50 bits per heavy atom. The standard InChI is InChI=1S/C11H15N3/c1-10(14-7-3-2-6-12)11-4-8-13-9-5-11/h4-5,8-10,14H,2-3,7H2,1H3/t10-/m0/s1. The normalized spacial score (nSPS) is 12.0. The van der Waals surface area contributed by atoms with Gasteiger partial charge in [-0.3, -0.25) is 4.98 Å². The Morgan fingerprint density at radius 2 is 2.21 bits per heavy atom. The van der Waals surface area contributed by atoms with Crippen LogP contribution in [0.5, 0.6) is 0 Å². The number of nitriles is 1. The Morgan fingerprint density at radius 3 is 2.86 bits per heavy atom. The highest BCUT2D eigenvalue weighted by molar-refractivity contribution is 5.13. The van der Waals surface area contributed by atoms with Gasteiger partial charge in [-0.25, -0.2) is 0 Å². The van der Waals surface area contributed by atoms with E-state index in [9.17, 15) is 0 Å². The van der Waals surface area contributed by atoms with Crippen molar-refractivity contribution in [3.8, 4) is 6.07 Å². The Bertz CT molecular complexity index is 289. The lowest BCUT2D eigenvalue weighted by molar-refractivity contribution is 0.561. The molecule has 0 saturated heterocycles. The van der Waals surface area contributed by atoms with Crippen LogP contribution in [0.4, 0.5) is 0 Å². The Kier molecular flexibility index (Phi) is 4.66. The molecule has 0 fully saturated rings. The molecule has 1 heterocycles. The van der Waals surface area contributed by atoms with E-state index in [1.807, 2.05) is 12.1 Å². The largest absolute Gasteiger partial charge is 0.310 e. The Labute approximate surface area is 84.8 Å². The lowest BCUT2D eigenvalue weighted by atomic mass is 10.1. The highest BCUT2D eigenvalue weighted by Gasteiger charge is 2.02. The van der Waals surface area contributed by atoms with Gasteiger partial charge in [0.1, 0.15) is 0 Å². The van der Waals surface area contributed by atoms with Gasteiger partial charge in [0.15, 0.2) is 0 Å². The fourth-order valence-electron chi connectivity index (χ4n) is 1.26. The van der Waals surface area contributed by atoms with Crippen molar-refractivity contribution in [3.05, 3.63) is 30.1 Å². The summed E-state index contributed by atoms with van der Waals surface area (Å²) in [4.78, 5) is 3.97. The van der Waals surface area contributed by atoms with E-state index in [0.717, 1.165) is 13.0 Å². The zero-order valence-electron chi connectivity index (χ0n) is 8.40. The third-order valence-electron chi connectivity index (χ3n) is 2.12. The minimum Gasteiger partial charge on any atom is -0.310 e. The molecule has 0 spiro atoms. The van der Waals surface area contributed by atoms with Crippen molar-refractivity contribution in [1.29, 1.82) is 5.26 Å². The van der Waals surface area contributed by atoms with E-state index >= 15 is 0 Å². The van der Waals surface area contributed by atoms with Crippen molar-refractivity contribution < 1.29 is 0 Å². The average Bonchev–Trinajstić information content (AvgIpc) is 2.25. The first kappa shape index (κ1) is 10.7. The van der Waals surface area contributed by atoms with Crippen molar-refractivity contribution in [2.75, 3.05) is 6.54 Å². The van der Waals surface area contributed by atoms with Crippen molar-refractivity contribution >= 4 is 0 Å². The van der Waals surface area contributed by atoms with Gasteiger partial charge in [-0.05, 0) is 37.6 Å². The van der Waals surface area contributed by atoms with Crippen molar-refractivity contribution in [3.63, 3.8) is 0 Å². The number of hydrogen-bond acceptors (Lipinski definition) is 3. The van der Waals surface area contributed by atoms with Gasteiger partial charge in [0.25, 0.3) is 0 Å². The van der Waals surface area contributed by atoms with Gasteiger partial charge in [-0.15, -0.1) is 0 Å². The fraction of sp³-hybridized carbons (Fsp3) is 0.455. The number of rotatable bonds is 5. The van der Waals surface area contributed by atoms with Gasteiger partial charge in [0, 0.05) is 24.9 Å². The van der Waals surface area contributed by atoms with E-state index in [1.54, 1.807) is 12.4 Å². The lowest BCUT2D eigenvalue weighted by Gasteiger charge is -2.12. The summed E-state index contributed by atoms with van der Waals surface area (Å²) in [5.41, 5.74) is 1.23. The van der Waals surface area contributed by atoms with E-state index in [0.29, 0.717) is 12.5 Å². The van der Waals surface area contributed by atoms with Crippen LogP contribution in [-0.4, -0.2) is 11.5 Å². The number of unbranched alkanes of at least 4 members (excludes halogenated alkanes) is 1. The molecule has 0 unspecified atom stereocenters. The molecule has 0 saturated carbocycles. The summed E-state index contributed by atoms with van der Waals surface area (Å²) in [5, 5.41) is 11.7. The molecule has 0 aliphatic heterocycles. The predicted molar refractivity (Wildman–Crippen MR) is 55.5 cm³/mol. The van der Waals surface area contributed by atoms with E-state index in [1.165, 1.54) is 5.56 Å². The number of nitrogens with zero attached hydrogens (tertiary/aromatic N) is 2. The van der Waals surface area contributed by atoms with E-state index in [-0.39, 0.29) is 0 Å². The molecule has 0 aromatic carbocycles. The maximum absolute atomic E-state index is 8.36. The average molecular weight is 189 g/mol. The number of aromatic nitrogens is 1. The van der Waals surface area contributed by atoms with Crippen LogP contribution in [0.2, 0.25) is 0 Å². The van der Waals surface area contributed by atoms with Crippen LogP contribution in [0.3, 0.4) is 0 Å². The van der Waals surface area contributed by atoms with E-state index in [4.69, 9.17) is 5.26 Å². The molecule has 0 aliphatic carbocycles. The molecule has 0 amide bonds. The molecule has 1 N–H and O–H groups in total. The topological polar surface area (TPSA) is 48.7 Å². The zero-order valence-corrected chi connectivity index (χ0v) is 8.40. The monoisotopic (exact) mass is 189 g/mol. The highest BCUT2D eigenvalue weighted by atomic mass is 14.9. The van der Waals surface area contributed by atoms with Gasteiger partial charge in [0.05, 0.1) is 6.07 Å². The minimum atomic E-state index is 0.330. The van der Waals surface area contributed by atoms with Gasteiger partial charge < -0.3 is 5.32 Å². The molecule has 0 bridgehead atoms. The molecule has 1 aromatic rings. The second-order valence-electron chi connectivity index (χ2n) is 3.22. The van der Waals surface area contributed by atoms with Gasteiger partial charge in [0.2, 0.25) is 0 Å². The molecule has 1 rings (SSSR count). The van der Waals surface area contributed by atoms with Crippen LogP contribution >= 0.6 is 0 Å². The Hall–Kier alpha value is -1.40. The molecule has 0 aliphatic rings. The first-order valence-corrected chi connectivity index (χ1v) is 4.85. The van der Waals surface area contributed by atoms with Crippen LogP contribution in [-0.2, 0) is 0 Å². The minimum absolute atomic E-state index is 0.330. The van der Waals surface area contributed by atoms with Gasteiger partial charge >= 0.3 is 0 Å². The molecule has 1 atom stereocenters. The second kappa shape index (κ2) is 6.11. The first-order chi connectivity index (χ1) is 6.84. The van der Waals surface area contributed by atoms with Crippen LogP contribution in [0.25, 0.3) is 0 Å². The summed E-state index contributed by atoms with van der Waals surface area (Å²) in [6.07, 6.45) is 5.12. The summed E-state index contributed by atoms with van der Waals surface area (Å²) in [5.74, 6) is 0. The molecule has 3 heteroatoms. The van der Waals surface area contributed by atoms with Crippen LogP contribution in [0.1, 0.15) is 31.4 Å². The van der Waals surface area contributed by atoms with Crippen LogP contribution in [0.15, 0.2) is 24.5 Å². The van der Waals surface area contributed by atoms with Crippen molar-refractivity contribution in [1.82, 2.24) is 10.3 Å². The molecule has 0 radical (unpaired) electrons. The maximum Gasteiger partial charge on any atom is 0.0622 e. The molecule has 74 valence electrons. The number of hydrogen-bond donors (Lipinski definition) is 1. The quantitative estimate of drug-likeness (QED) is 0.721. The summed E-state index contributed by atoms with van der Waals surface area (Å²) in [7, 11) is 0. The third kappa shape index (κ3) is 3.55. The Balaban J connectivity index is 2.29. The summed E-state index contributed by atoms with van der Waals surface area (Å²) in [6.45, 7) is 3.00. The first-order valence-electron chi connectivity index (χ1n) is 4.85. The fourth-order valence-corrected chi connectivity index (χ4v) is 1.26.